The molecule has 2 atom stereocenters. The van der Waals surface area contributed by atoms with E-state index in [9.17, 15) is 14.7 Å². The molecule has 0 spiro atoms. The molecule has 0 saturated heterocycles. The second-order valence-electron chi connectivity index (χ2n) is 7.76. The van der Waals surface area contributed by atoms with Gasteiger partial charge < -0.3 is 10.4 Å². The maximum Gasteiger partial charge on any atom is 0.307 e. The maximum absolute atomic E-state index is 12.7. The van der Waals surface area contributed by atoms with Crippen molar-refractivity contribution < 1.29 is 14.7 Å². The number of rotatable bonds is 6. The van der Waals surface area contributed by atoms with Crippen LogP contribution >= 0.6 is 23.1 Å². The van der Waals surface area contributed by atoms with Gasteiger partial charge in [0.15, 0.2) is 4.34 Å². The van der Waals surface area contributed by atoms with Crippen molar-refractivity contribution in [3.63, 3.8) is 0 Å². The Hall–Kier alpha value is -2.38. The fourth-order valence-corrected chi connectivity index (χ4v) is 6.02. The standard InChI is InChI=1S/C23H24N2O3S2/c1-14-5-4-6-15(11-14)13-29-23-25-19-10-9-16(12-20(19)30-23)24-21(26)17-7-2-3-8-18(17)22(27)28/h4-6,9-12,17-18H,2-3,7-8,13H2,1H3,(H,24,26)(H,27,28)/t17-,18+/m1/s1. The lowest BCUT2D eigenvalue weighted by atomic mass is 9.78. The molecule has 1 saturated carbocycles. The van der Waals surface area contributed by atoms with Gasteiger partial charge in [-0.2, -0.15) is 0 Å². The molecule has 30 heavy (non-hydrogen) atoms. The van der Waals surface area contributed by atoms with Crippen LogP contribution in [0, 0.1) is 18.8 Å². The first kappa shape index (κ1) is 20.9. The Morgan fingerprint density at radius 2 is 1.97 bits per heavy atom. The van der Waals surface area contributed by atoms with Crippen LogP contribution in [0.2, 0.25) is 0 Å². The Bertz CT molecular complexity index is 1080. The van der Waals surface area contributed by atoms with Crippen molar-refractivity contribution in [2.75, 3.05) is 5.32 Å². The van der Waals surface area contributed by atoms with E-state index in [4.69, 9.17) is 0 Å². The smallest absolute Gasteiger partial charge is 0.307 e. The van der Waals surface area contributed by atoms with E-state index in [2.05, 4.69) is 41.5 Å². The number of aliphatic carboxylic acids is 1. The number of carbonyl (C=O) groups is 2. The minimum atomic E-state index is -0.872. The van der Waals surface area contributed by atoms with Crippen molar-refractivity contribution in [2.24, 2.45) is 11.8 Å². The zero-order valence-corrected chi connectivity index (χ0v) is 18.4. The van der Waals surface area contributed by atoms with Crippen LogP contribution in [0.25, 0.3) is 10.2 Å². The Morgan fingerprint density at radius 1 is 1.17 bits per heavy atom. The predicted octanol–water partition coefficient (Wildman–Crippen LogP) is 5.73. The number of anilines is 1. The van der Waals surface area contributed by atoms with Crippen molar-refractivity contribution in [2.45, 2.75) is 42.7 Å². The predicted molar refractivity (Wildman–Crippen MR) is 122 cm³/mol. The van der Waals surface area contributed by atoms with E-state index in [-0.39, 0.29) is 5.91 Å². The third-order valence-electron chi connectivity index (χ3n) is 5.50. The van der Waals surface area contributed by atoms with Crippen LogP contribution in [0.5, 0.6) is 0 Å². The van der Waals surface area contributed by atoms with Gasteiger partial charge in [0, 0.05) is 11.4 Å². The summed E-state index contributed by atoms with van der Waals surface area (Å²) in [5.74, 6) is -1.25. The molecule has 2 N–H and O–H groups in total. The van der Waals surface area contributed by atoms with E-state index >= 15 is 0 Å². The second kappa shape index (κ2) is 9.18. The van der Waals surface area contributed by atoms with Gasteiger partial charge in [-0.05, 0) is 43.5 Å². The summed E-state index contributed by atoms with van der Waals surface area (Å²) in [6.07, 6.45) is 2.97. The molecule has 1 heterocycles. The van der Waals surface area contributed by atoms with E-state index in [1.54, 1.807) is 23.1 Å². The van der Waals surface area contributed by atoms with E-state index in [1.165, 1.54) is 11.1 Å². The lowest BCUT2D eigenvalue weighted by Gasteiger charge is -2.27. The third kappa shape index (κ3) is 4.84. The first-order valence-electron chi connectivity index (χ1n) is 10.1. The van der Waals surface area contributed by atoms with Gasteiger partial charge in [-0.3, -0.25) is 9.59 Å². The molecule has 1 aliphatic carbocycles. The summed E-state index contributed by atoms with van der Waals surface area (Å²) >= 11 is 3.32. The van der Waals surface area contributed by atoms with Gasteiger partial charge in [0.05, 0.1) is 22.1 Å². The van der Waals surface area contributed by atoms with Crippen LogP contribution in [0.15, 0.2) is 46.8 Å². The summed E-state index contributed by atoms with van der Waals surface area (Å²) in [6.45, 7) is 2.09. The molecule has 0 unspecified atom stereocenters. The number of thiazole rings is 1. The summed E-state index contributed by atoms with van der Waals surface area (Å²) in [5.41, 5.74) is 4.13. The quantitative estimate of drug-likeness (QED) is 0.479. The highest BCUT2D eigenvalue weighted by atomic mass is 32.2. The normalized spacial score (nSPS) is 19.0. The Morgan fingerprint density at radius 3 is 2.73 bits per heavy atom. The Balaban J connectivity index is 1.44. The van der Waals surface area contributed by atoms with E-state index in [0.717, 1.165) is 33.2 Å². The van der Waals surface area contributed by atoms with Gasteiger partial charge in [-0.1, -0.05) is 54.4 Å². The average molecular weight is 441 g/mol. The number of aromatic nitrogens is 1. The van der Waals surface area contributed by atoms with Crippen molar-refractivity contribution in [3.8, 4) is 0 Å². The molecular formula is C23H24N2O3S2. The number of carboxylic acid groups (broad SMARTS) is 1. The molecule has 4 rings (SSSR count). The minimum Gasteiger partial charge on any atom is -0.481 e. The van der Waals surface area contributed by atoms with Gasteiger partial charge in [0.2, 0.25) is 5.91 Å². The second-order valence-corrected chi connectivity index (χ2v) is 10.0. The lowest BCUT2D eigenvalue weighted by molar-refractivity contribution is -0.147. The molecule has 5 nitrogen and oxygen atoms in total. The monoisotopic (exact) mass is 440 g/mol. The Labute approximate surface area is 183 Å². The van der Waals surface area contributed by atoms with Gasteiger partial charge in [0.25, 0.3) is 0 Å². The van der Waals surface area contributed by atoms with E-state index in [1.807, 2.05) is 18.2 Å². The molecule has 0 radical (unpaired) electrons. The number of carboxylic acids is 1. The number of hydrogen-bond donors (Lipinski definition) is 2. The Kier molecular flexibility index (Phi) is 6.39. The number of benzene rings is 2. The number of nitrogens with zero attached hydrogens (tertiary/aromatic N) is 1. The van der Waals surface area contributed by atoms with Crippen LogP contribution in [-0.2, 0) is 15.3 Å². The highest BCUT2D eigenvalue weighted by Crippen LogP contribution is 2.34. The number of hydrogen-bond acceptors (Lipinski definition) is 5. The van der Waals surface area contributed by atoms with Gasteiger partial charge >= 0.3 is 5.97 Å². The van der Waals surface area contributed by atoms with Gasteiger partial charge in [-0.15, -0.1) is 11.3 Å². The first-order chi connectivity index (χ1) is 14.5. The maximum atomic E-state index is 12.7. The number of amides is 1. The fraction of sp³-hybridized carbons (Fsp3) is 0.348. The van der Waals surface area contributed by atoms with Crippen molar-refractivity contribution >= 4 is 50.9 Å². The average Bonchev–Trinajstić information content (AvgIpc) is 3.14. The lowest BCUT2D eigenvalue weighted by Crippen LogP contribution is -2.36. The molecule has 1 aliphatic rings. The number of nitrogens with one attached hydrogen (secondary N) is 1. The number of thioether (sulfide) groups is 1. The molecular weight excluding hydrogens is 416 g/mol. The van der Waals surface area contributed by atoms with Crippen molar-refractivity contribution in [3.05, 3.63) is 53.6 Å². The molecule has 0 aliphatic heterocycles. The zero-order chi connectivity index (χ0) is 21.1. The van der Waals surface area contributed by atoms with Crippen LogP contribution in [0.3, 0.4) is 0 Å². The van der Waals surface area contributed by atoms with Gasteiger partial charge in [-0.25, -0.2) is 4.98 Å². The number of carbonyl (C=O) groups excluding carboxylic acids is 1. The summed E-state index contributed by atoms with van der Waals surface area (Å²) in [7, 11) is 0. The molecule has 1 aromatic heterocycles. The van der Waals surface area contributed by atoms with Crippen molar-refractivity contribution in [1.82, 2.24) is 4.98 Å². The molecule has 1 amide bonds. The van der Waals surface area contributed by atoms with Crippen LogP contribution in [0.4, 0.5) is 5.69 Å². The molecule has 3 aromatic rings. The molecule has 2 aromatic carbocycles. The molecule has 0 bridgehead atoms. The highest BCUT2D eigenvalue weighted by molar-refractivity contribution is 8.00. The molecule has 1 fully saturated rings. The highest BCUT2D eigenvalue weighted by Gasteiger charge is 2.35. The van der Waals surface area contributed by atoms with Crippen LogP contribution in [-0.4, -0.2) is 22.0 Å². The van der Waals surface area contributed by atoms with Crippen LogP contribution < -0.4 is 5.32 Å². The molecule has 7 heteroatoms. The summed E-state index contributed by atoms with van der Waals surface area (Å²) in [6, 6.07) is 14.1. The molecule has 156 valence electrons. The van der Waals surface area contributed by atoms with Crippen LogP contribution in [0.1, 0.15) is 36.8 Å². The van der Waals surface area contributed by atoms with E-state index < -0.39 is 17.8 Å². The summed E-state index contributed by atoms with van der Waals surface area (Å²) in [5, 5.41) is 12.4. The number of aryl methyl sites for hydroxylation is 1. The zero-order valence-electron chi connectivity index (χ0n) is 16.8. The largest absolute Gasteiger partial charge is 0.481 e. The third-order valence-corrected chi connectivity index (χ3v) is 7.73. The first-order valence-corrected chi connectivity index (χ1v) is 11.9. The SMILES string of the molecule is Cc1cccc(CSc2nc3ccc(NC(=O)[C@@H]4CCCC[C@@H]4C(=O)O)cc3s2)c1. The number of fused-ring (bicyclic) bond motifs is 1. The fourth-order valence-electron chi connectivity index (χ4n) is 3.97. The topological polar surface area (TPSA) is 79.3 Å². The summed E-state index contributed by atoms with van der Waals surface area (Å²) < 4.78 is 2.01. The van der Waals surface area contributed by atoms with Gasteiger partial charge in [0.1, 0.15) is 0 Å². The van der Waals surface area contributed by atoms with Crippen molar-refractivity contribution in [1.29, 1.82) is 0 Å². The van der Waals surface area contributed by atoms with E-state index in [0.29, 0.717) is 18.5 Å². The summed E-state index contributed by atoms with van der Waals surface area (Å²) in [4.78, 5) is 28.9. The minimum absolute atomic E-state index is 0.194.